The van der Waals surface area contributed by atoms with E-state index in [0.29, 0.717) is 6.42 Å². The molecule has 2 heterocycles. The Morgan fingerprint density at radius 2 is 2.19 bits per heavy atom. The van der Waals surface area contributed by atoms with E-state index in [4.69, 9.17) is 4.42 Å². The fourth-order valence-corrected chi connectivity index (χ4v) is 2.23. The number of hydrogen-bond acceptors (Lipinski definition) is 3. The number of nitrogens with zero attached hydrogens (tertiary/aromatic N) is 1. The molecule has 1 aromatic rings. The first-order valence-corrected chi connectivity index (χ1v) is 6.54. The number of furan rings is 1. The topological polar surface area (TPSA) is 62.6 Å². The van der Waals surface area contributed by atoms with Crippen molar-refractivity contribution in [1.29, 1.82) is 0 Å². The zero-order valence-electron chi connectivity index (χ0n) is 11.2. The molecule has 0 spiro atoms. The van der Waals surface area contributed by atoms with Crippen LogP contribution in [0.3, 0.4) is 0 Å². The van der Waals surface area contributed by atoms with E-state index in [9.17, 15) is 22.8 Å². The second-order valence-electron chi connectivity index (χ2n) is 4.88. The Morgan fingerprint density at radius 1 is 1.43 bits per heavy atom. The predicted octanol–water partition coefficient (Wildman–Crippen LogP) is 1.81. The smallest absolute Gasteiger partial charge is 0.393 e. The number of amides is 2. The maximum absolute atomic E-state index is 12.7. The summed E-state index contributed by atoms with van der Waals surface area (Å²) in [5.74, 6) is -2.54. The second kappa shape index (κ2) is 6.19. The summed E-state index contributed by atoms with van der Waals surface area (Å²) in [5.41, 5.74) is 0. The molecule has 0 aromatic carbocycles. The quantitative estimate of drug-likeness (QED) is 0.926. The molecule has 116 valence electrons. The van der Waals surface area contributed by atoms with Crippen LogP contribution in [0.5, 0.6) is 0 Å². The standard InChI is InChI=1S/C13H15F3N2O3/c14-13(15,16)9-3-1-5-18(8-9)11(19)7-17-12(20)10-4-2-6-21-10/h2,4,6,9H,1,3,5,7-8H2,(H,17,20)/t9-/m0/s1. The number of hydrogen-bond donors (Lipinski definition) is 1. The van der Waals surface area contributed by atoms with Gasteiger partial charge in [0.15, 0.2) is 5.76 Å². The van der Waals surface area contributed by atoms with E-state index < -0.39 is 23.9 Å². The average molecular weight is 304 g/mol. The maximum Gasteiger partial charge on any atom is 0.393 e. The Bertz CT molecular complexity index is 499. The molecule has 8 heteroatoms. The molecule has 1 atom stereocenters. The molecule has 2 rings (SSSR count). The zero-order chi connectivity index (χ0) is 15.5. The number of halogens is 3. The van der Waals surface area contributed by atoms with Crippen LogP contribution in [0.25, 0.3) is 0 Å². The number of likely N-dealkylation sites (tertiary alicyclic amines) is 1. The number of nitrogens with one attached hydrogen (secondary N) is 1. The highest BCUT2D eigenvalue weighted by Gasteiger charge is 2.42. The lowest BCUT2D eigenvalue weighted by Gasteiger charge is -2.33. The van der Waals surface area contributed by atoms with E-state index in [2.05, 4.69) is 5.32 Å². The lowest BCUT2D eigenvalue weighted by atomic mass is 9.97. The van der Waals surface area contributed by atoms with E-state index in [1.165, 1.54) is 18.4 Å². The van der Waals surface area contributed by atoms with Crippen LogP contribution in [-0.2, 0) is 4.79 Å². The molecule has 5 nitrogen and oxygen atoms in total. The minimum atomic E-state index is -4.30. The average Bonchev–Trinajstić information content (AvgIpc) is 2.98. The zero-order valence-corrected chi connectivity index (χ0v) is 11.2. The molecule has 1 aliphatic heterocycles. The molecule has 1 aromatic heterocycles. The van der Waals surface area contributed by atoms with E-state index in [1.54, 1.807) is 0 Å². The van der Waals surface area contributed by atoms with E-state index >= 15 is 0 Å². The Labute approximate surface area is 119 Å². The Balaban J connectivity index is 1.84. The highest BCUT2D eigenvalue weighted by molar-refractivity contribution is 5.94. The van der Waals surface area contributed by atoms with Crippen LogP contribution in [0.1, 0.15) is 23.4 Å². The lowest BCUT2D eigenvalue weighted by Crippen LogP contribution is -2.47. The Kier molecular flexibility index (Phi) is 4.54. The number of rotatable bonds is 3. The van der Waals surface area contributed by atoms with Crippen LogP contribution in [0.15, 0.2) is 22.8 Å². The molecule has 0 aliphatic carbocycles. The van der Waals surface area contributed by atoms with Crippen molar-refractivity contribution in [3.8, 4) is 0 Å². The summed E-state index contributed by atoms with van der Waals surface area (Å²) < 4.78 is 42.8. The molecule has 1 N–H and O–H groups in total. The van der Waals surface area contributed by atoms with Gasteiger partial charge in [0.05, 0.1) is 18.7 Å². The van der Waals surface area contributed by atoms with Crippen molar-refractivity contribution in [2.45, 2.75) is 19.0 Å². The number of alkyl halides is 3. The van der Waals surface area contributed by atoms with Gasteiger partial charge in [-0.05, 0) is 25.0 Å². The van der Waals surface area contributed by atoms with Crippen LogP contribution in [0.4, 0.5) is 13.2 Å². The van der Waals surface area contributed by atoms with Crippen LogP contribution in [-0.4, -0.2) is 42.5 Å². The van der Waals surface area contributed by atoms with Gasteiger partial charge in [0.1, 0.15) is 0 Å². The van der Waals surface area contributed by atoms with E-state index in [0.717, 1.165) is 4.90 Å². The van der Waals surface area contributed by atoms with Crippen LogP contribution >= 0.6 is 0 Å². The summed E-state index contributed by atoms with van der Waals surface area (Å²) in [4.78, 5) is 24.6. The van der Waals surface area contributed by atoms with Gasteiger partial charge in [0.25, 0.3) is 5.91 Å². The monoisotopic (exact) mass is 304 g/mol. The first-order chi connectivity index (χ1) is 9.88. The SMILES string of the molecule is O=C(NCC(=O)N1CCC[C@H](C(F)(F)F)C1)c1ccco1. The first-order valence-electron chi connectivity index (χ1n) is 6.54. The van der Waals surface area contributed by atoms with Gasteiger partial charge in [-0.1, -0.05) is 0 Å². The molecule has 1 fully saturated rings. The molecule has 21 heavy (non-hydrogen) atoms. The molecular weight excluding hydrogens is 289 g/mol. The van der Waals surface area contributed by atoms with E-state index in [1.807, 2.05) is 0 Å². The van der Waals surface area contributed by atoms with Crippen molar-refractivity contribution < 1.29 is 27.2 Å². The molecule has 0 unspecified atom stereocenters. The number of carbonyl (C=O) groups excluding carboxylic acids is 2. The highest BCUT2D eigenvalue weighted by atomic mass is 19.4. The van der Waals surface area contributed by atoms with Crippen molar-refractivity contribution >= 4 is 11.8 Å². The van der Waals surface area contributed by atoms with Crippen LogP contribution in [0, 0.1) is 5.92 Å². The van der Waals surface area contributed by atoms with Crippen molar-refractivity contribution in [3.63, 3.8) is 0 Å². The third-order valence-electron chi connectivity index (χ3n) is 3.38. The van der Waals surface area contributed by atoms with Crippen LogP contribution in [0.2, 0.25) is 0 Å². The number of carbonyl (C=O) groups is 2. The van der Waals surface area contributed by atoms with Crippen molar-refractivity contribution in [2.24, 2.45) is 5.92 Å². The summed E-state index contributed by atoms with van der Waals surface area (Å²) in [6, 6.07) is 2.95. The molecular formula is C13H15F3N2O3. The number of piperidine rings is 1. The summed E-state index contributed by atoms with van der Waals surface area (Å²) in [6.45, 7) is -0.412. The second-order valence-corrected chi connectivity index (χ2v) is 4.88. The minimum absolute atomic E-state index is 0.0338. The van der Waals surface area contributed by atoms with Crippen LogP contribution < -0.4 is 5.32 Å². The Hall–Kier alpha value is -1.99. The van der Waals surface area contributed by atoms with Gasteiger partial charge in [-0.2, -0.15) is 13.2 Å². The fraction of sp³-hybridized carbons (Fsp3) is 0.538. The fourth-order valence-electron chi connectivity index (χ4n) is 2.23. The van der Waals surface area contributed by atoms with E-state index in [-0.39, 0.29) is 31.8 Å². The summed E-state index contributed by atoms with van der Waals surface area (Å²) in [7, 11) is 0. The molecule has 1 aliphatic rings. The third-order valence-corrected chi connectivity index (χ3v) is 3.38. The molecule has 0 saturated carbocycles. The lowest BCUT2D eigenvalue weighted by molar-refractivity contribution is -0.187. The highest BCUT2D eigenvalue weighted by Crippen LogP contribution is 2.32. The Morgan fingerprint density at radius 3 is 2.81 bits per heavy atom. The van der Waals surface area contributed by atoms with Gasteiger partial charge in [0.2, 0.25) is 5.91 Å². The normalized spacial score (nSPS) is 19.4. The van der Waals surface area contributed by atoms with Crippen molar-refractivity contribution in [2.75, 3.05) is 19.6 Å². The predicted molar refractivity (Wildman–Crippen MR) is 66.4 cm³/mol. The molecule has 1 saturated heterocycles. The van der Waals surface area contributed by atoms with Gasteiger partial charge in [-0.15, -0.1) is 0 Å². The molecule has 0 radical (unpaired) electrons. The van der Waals surface area contributed by atoms with Gasteiger partial charge >= 0.3 is 6.18 Å². The van der Waals surface area contributed by atoms with Crippen molar-refractivity contribution in [3.05, 3.63) is 24.2 Å². The van der Waals surface area contributed by atoms with Crippen molar-refractivity contribution in [1.82, 2.24) is 10.2 Å². The summed E-state index contributed by atoms with van der Waals surface area (Å²) in [6.07, 6.45) is -2.64. The van der Waals surface area contributed by atoms with Gasteiger partial charge in [-0.3, -0.25) is 9.59 Å². The summed E-state index contributed by atoms with van der Waals surface area (Å²) >= 11 is 0. The van der Waals surface area contributed by atoms with Gasteiger partial charge < -0.3 is 14.6 Å². The largest absolute Gasteiger partial charge is 0.459 e. The minimum Gasteiger partial charge on any atom is -0.459 e. The molecule has 2 amide bonds. The van der Waals surface area contributed by atoms with Gasteiger partial charge in [-0.25, -0.2) is 0 Å². The first kappa shape index (κ1) is 15.4. The maximum atomic E-state index is 12.7. The third kappa shape index (κ3) is 3.99. The molecule has 0 bridgehead atoms. The van der Waals surface area contributed by atoms with Gasteiger partial charge in [0, 0.05) is 13.1 Å². The summed E-state index contributed by atoms with van der Waals surface area (Å²) in [5, 5.41) is 2.33.